The molecule has 1 atom stereocenters. The second kappa shape index (κ2) is 5.64. The van der Waals surface area contributed by atoms with E-state index in [2.05, 4.69) is 33.0 Å². The summed E-state index contributed by atoms with van der Waals surface area (Å²) in [5, 5.41) is 3.65. The highest BCUT2D eigenvalue weighted by Crippen LogP contribution is 2.38. The van der Waals surface area contributed by atoms with Crippen molar-refractivity contribution >= 4 is 5.91 Å². The molecule has 0 aromatic rings. The SMILES string of the molecule is CCOC(C)(C)CN1C(=O)C2(CCCC2)NC1C(C)C. The summed E-state index contributed by atoms with van der Waals surface area (Å²) in [7, 11) is 0. The molecule has 1 amide bonds. The van der Waals surface area contributed by atoms with E-state index >= 15 is 0 Å². The number of carbonyl (C=O) groups is 1. The molecule has 2 fully saturated rings. The molecular formula is C16H30N2O2. The molecule has 2 rings (SSSR count). The lowest BCUT2D eigenvalue weighted by Gasteiger charge is -2.34. The lowest BCUT2D eigenvalue weighted by atomic mass is 9.97. The minimum absolute atomic E-state index is 0.139. The minimum atomic E-state index is -0.288. The van der Waals surface area contributed by atoms with Gasteiger partial charge < -0.3 is 9.64 Å². The second-order valence-corrected chi connectivity index (χ2v) is 7.25. The van der Waals surface area contributed by atoms with E-state index in [0.29, 0.717) is 25.0 Å². The summed E-state index contributed by atoms with van der Waals surface area (Å²) in [5.74, 6) is 0.706. The first-order valence-corrected chi connectivity index (χ1v) is 8.04. The highest BCUT2D eigenvalue weighted by atomic mass is 16.5. The highest BCUT2D eigenvalue weighted by molar-refractivity contribution is 5.89. The summed E-state index contributed by atoms with van der Waals surface area (Å²) in [6, 6.07) is 0. The summed E-state index contributed by atoms with van der Waals surface area (Å²) in [4.78, 5) is 15.0. The van der Waals surface area contributed by atoms with Gasteiger partial charge in [0.15, 0.2) is 0 Å². The predicted molar refractivity (Wildman–Crippen MR) is 80.4 cm³/mol. The molecule has 1 unspecified atom stereocenters. The lowest BCUT2D eigenvalue weighted by molar-refractivity contribution is -0.138. The number of hydrogen-bond acceptors (Lipinski definition) is 3. The van der Waals surface area contributed by atoms with E-state index < -0.39 is 0 Å². The lowest BCUT2D eigenvalue weighted by Crippen LogP contribution is -2.48. The van der Waals surface area contributed by atoms with E-state index in [1.807, 2.05) is 11.8 Å². The summed E-state index contributed by atoms with van der Waals surface area (Å²) in [5.41, 5.74) is -0.569. The number of ether oxygens (including phenoxy) is 1. The van der Waals surface area contributed by atoms with Gasteiger partial charge >= 0.3 is 0 Å². The molecule has 0 bridgehead atoms. The molecule has 4 nitrogen and oxygen atoms in total. The van der Waals surface area contributed by atoms with Crippen molar-refractivity contribution in [2.45, 2.75) is 77.6 Å². The van der Waals surface area contributed by atoms with Gasteiger partial charge in [0.05, 0.1) is 23.9 Å². The number of nitrogens with zero attached hydrogens (tertiary/aromatic N) is 1. The Morgan fingerprint density at radius 2 is 2.00 bits per heavy atom. The van der Waals surface area contributed by atoms with Crippen molar-refractivity contribution in [3.8, 4) is 0 Å². The van der Waals surface area contributed by atoms with Crippen LogP contribution < -0.4 is 5.32 Å². The third-order valence-electron chi connectivity index (χ3n) is 4.60. The number of carbonyl (C=O) groups excluding carboxylic acids is 1. The Labute approximate surface area is 123 Å². The maximum Gasteiger partial charge on any atom is 0.244 e. The zero-order chi connectivity index (χ0) is 15.0. The smallest absolute Gasteiger partial charge is 0.244 e. The fourth-order valence-electron chi connectivity index (χ4n) is 3.70. The largest absolute Gasteiger partial charge is 0.374 e. The topological polar surface area (TPSA) is 41.6 Å². The van der Waals surface area contributed by atoms with Crippen LogP contribution in [0.4, 0.5) is 0 Å². The van der Waals surface area contributed by atoms with Crippen LogP contribution in [0.3, 0.4) is 0 Å². The van der Waals surface area contributed by atoms with E-state index in [1.54, 1.807) is 0 Å². The van der Waals surface area contributed by atoms with E-state index in [1.165, 1.54) is 0 Å². The van der Waals surface area contributed by atoms with Crippen LogP contribution in [0, 0.1) is 5.92 Å². The van der Waals surface area contributed by atoms with Gasteiger partial charge in [0.1, 0.15) is 0 Å². The van der Waals surface area contributed by atoms with E-state index in [4.69, 9.17) is 4.74 Å². The standard InChI is InChI=1S/C16H30N2O2/c1-6-20-15(4,5)11-18-13(12(2)3)17-16(14(18)19)9-7-8-10-16/h12-13,17H,6-11H2,1-5H3. The van der Waals surface area contributed by atoms with Gasteiger partial charge in [-0.3, -0.25) is 10.1 Å². The van der Waals surface area contributed by atoms with Crippen LogP contribution in [0.2, 0.25) is 0 Å². The fraction of sp³-hybridized carbons (Fsp3) is 0.938. The van der Waals surface area contributed by atoms with Gasteiger partial charge in [0.2, 0.25) is 5.91 Å². The van der Waals surface area contributed by atoms with Crippen molar-refractivity contribution in [1.82, 2.24) is 10.2 Å². The first-order chi connectivity index (χ1) is 9.31. The van der Waals surface area contributed by atoms with Gasteiger partial charge in [-0.2, -0.15) is 0 Å². The molecule has 1 N–H and O–H groups in total. The molecular weight excluding hydrogens is 252 g/mol. The Morgan fingerprint density at radius 3 is 2.50 bits per heavy atom. The number of hydrogen-bond donors (Lipinski definition) is 1. The van der Waals surface area contributed by atoms with Gasteiger partial charge in [-0.15, -0.1) is 0 Å². The Balaban J connectivity index is 2.18. The maximum absolute atomic E-state index is 12.9. The van der Waals surface area contributed by atoms with E-state index in [9.17, 15) is 4.79 Å². The van der Waals surface area contributed by atoms with Gasteiger partial charge in [-0.1, -0.05) is 26.7 Å². The average Bonchev–Trinajstić information content (AvgIpc) is 2.90. The van der Waals surface area contributed by atoms with Crippen LogP contribution in [0.15, 0.2) is 0 Å². The first kappa shape index (κ1) is 15.8. The average molecular weight is 282 g/mol. The predicted octanol–water partition coefficient (Wildman–Crippen LogP) is 2.53. The van der Waals surface area contributed by atoms with Crippen molar-refractivity contribution in [3.63, 3.8) is 0 Å². The molecule has 2 aliphatic rings. The van der Waals surface area contributed by atoms with Crippen molar-refractivity contribution in [1.29, 1.82) is 0 Å². The van der Waals surface area contributed by atoms with Crippen LogP contribution >= 0.6 is 0 Å². The van der Waals surface area contributed by atoms with Crippen LogP contribution in [0.1, 0.15) is 60.3 Å². The minimum Gasteiger partial charge on any atom is -0.374 e. The summed E-state index contributed by atoms with van der Waals surface area (Å²) < 4.78 is 5.80. The monoisotopic (exact) mass is 282 g/mol. The zero-order valence-corrected chi connectivity index (χ0v) is 13.7. The Kier molecular flexibility index (Phi) is 4.45. The first-order valence-electron chi connectivity index (χ1n) is 8.04. The van der Waals surface area contributed by atoms with Crippen molar-refractivity contribution in [2.24, 2.45) is 5.92 Å². The molecule has 0 aromatic heterocycles. The molecule has 1 aliphatic heterocycles. The Bertz CT molecular complexity index is 359. The van der Waals surface area contributed by atoms with Crippen molar-refractivity contribution in [3.05, 3.63) is 0 Å². The molecule has 1 aliphatic carbocycles. The molecule has 1 saturated heterocycles. The van der Waals surface area contributed by atoms with Crippen LogP contribution in [0.25, 0.3) is 0 Å². The van der Waals surface area contributed by atoms with Gasteiger partial charge in [-0.05, 0) is 39.5 Å². The van der Waals surface area contributed by atoms with Gasteiger partial charge in [0, 0.05) is 6.61 Å². The Morgan fingerprint density at radius 1 is 1.40 bits per heavy atom. The molecule has 116 valence electrons. The highest BCUT2D eigenvalue weighted by Gasteiger charge is 2.53. The second-order valence-electron chi connectivity index (χ2n) is 7.25. The maximum atomic E-state index is 12.9. The number of rotatable bonds is 5. The van der Waals surface area contributed by atoms with Crippen LogP contribution in [-0.2, 0) is 9.53 Å². The molecule has 1 spiro atoms. The molecule has 0 radical (unpaired) electrons. The zero-order valence-electron chi connectivity index (χ0n) is 13.7. The fourth-order valence-corrected chi connectivity index (χ4v) is 3.70. The molecule has 1 saturated carbocycles. The molecule has 1 heterocycles. The third kappa shape index (κ3) is 2.86. The normalized spacial score (nSPS) is 26.2. The molecule has 4 heteroatoms. The van der Waals surface area contributed by atoms with E-state index in [-0.39, 0.29) is 17.3 Å². The van der Waals surface area contributed by atoms with Crippen LogP contribution in [-0.4, -0.2) is 41.3 Å². The summed E-state index contributed by atoms with van der Waals surface area (Å²) >= 11 is 0. The summed E-state index contributed by atoms with van der Waals surface area (Å²) in [6.07, 6.45) is 4.43. The van der Waals surface area contributed by atoms with Crippen molar-refractivity contribution < 1.29 is 9.53 Å². The van der Waals surface area contributed by atoms with Gasteiger partial charge in [-0.25, -0.2) is 0 Å². The molecule has 0 aromatic carbocycles. The van der Waals surface area contributed by atoms with E-state index in [0.717, 1.165) is 25.7 Å². The third-order valence-corrected chi connectivity index (χ3v) is 4.60. The van der Waals surface area contributed by atoms with Crippen LogP contribution in [0.5, 0.6) is 0 Å². The van der Waals surface area contributed by atoms with Crippen molar-refractivity contribution in [2.75, 3.05) is 13.2 Å². The quantitative estimate of drug-likeness (QED) is 0.842. The molecule has 20 heavy (non-hydrogen) atoms. The Hall–Kier alpha value is -0.610. The summed E-state index contributed by atoms with van der Waals surface area (Å²) in [6.45, 7) is 11.8. The number of nitrogens with one attached hydrogen (secondary N) is 1. The van der Waals surface area contributed by atoms with Gasteiger partial charge in [0.25, 0.3) is 0 Å². The number of amides is 1.